The zero-order valence-electron chi connectivity index (χ0n) is 25.0. The van der Waals surface area contributed by atoms with Crippen molar-refractivity contribution in [1.29, 1.82) is 0 Å². The molecule has 3 nitrogen and oxygen atoms in total. The Bertz CT molecular complexity index is 1380. The number of carboxylic acid groups (broad SMARTS) is 1. The molecule has 5 aliphatic rings. The Morgan fingerprint density at radius 2 is 1.67 bits per heavy atom. The van der Waals surface area contributed by atoms with E-state index in [0.717, 1.165) is 37.7 Å². The molecule has 2 aromatic rings. The minimum absolute atomic E-state index is 0.00195. The summed E-state index contributed by atoms with van der Waals surface area (Å²) in [5, 5.41) is 12.0. The number of allylic oxidation sites excluding steroid dienone is 1. The number of furan rings is 1. The predicted molar refractivity (Wildman–Crippen MR) is 157 cm³/mol. The van der Waals surface area contributed by atoms with E-state index >= 15 is 0 Å². The topological polar surface area (TPSA) is 50.4 Å². The zero-order valence-corrected chi connectivity index (χ0v) is 25.0. The number of para-hydroxylation sites is 1. The summed E-state index contributed by atoms with van der Waals surface area (Å²) in [4.78, 5) is 12.9. The lowest BCUT2D eigenvalue weighted by Gasteiger charge is -2.72. The lowest BCUT2D eigenvalue weighted by molar-refractivity contribution is -0.228. The van der Waals surface area contributed by atoms with E-state index in [9.17, 15) is 9.90 Å². The van der Waals surface area contributed by atoms with E-state index in [-0.39, 0.29) is 27.6 Å². The quantitative estimate of drug-likeness (QED) is 0.395. The summed E-state index contributed by atoms with van der Waals surface area (Å²) < 4.78 is 6.62. The number of rotatable bonds is 2. The number of hydrogen-bond donors (Lipinski definition) is 1. The molecule has 4 fully saturated rings. The van der Waals surface area contributed by atoms with Gasteiger partial charge in [0.05, 0.1) is 5.41 Å². The highest BCUT2D eigenvalue weighted by Gasteiger charge is 2.72. The van der Waals surface area contributed by atoms with E-state index < -0.39 is 11.4 Å². The minimum atomic E-state index is -0.546. The first-order valence-corrected chi connectivity index (χ1v) is 15.7. The first-order chi connectivity index (χ1) is 18.3. The highest BCUT2D eigenvalue weighted by Crippen LogP contribution is 2.77. The normalized spacial score (nSPS) is 45.9. The summed E-state index contributed by atoms with van der Waals surface area (Å²) in [7, 11) is 0. The summed E-state index contributed by atoms with van der Waals surface area (Å²) in [6.07, 6.45) is 9.70. The molecule has 0 saturated heterocycles. The maximum absolute atomic E-state index is 12.9. The number of aliphatic carboxylic acids is 1. The zero-order chi connectivity index (χ0) is 27.8. The van der Waals surface area contributed by atoms with Gasteiger partial charge in [0.25, 0.3) is 0 Å². The summed E-state index contributed by atoms with van der Waals surface area (Å²) in [6, 6.07) is 8.66. The maximum Gasteiger partial charge on any atom is 0.309 e. The summed E-state index contributed by atoms with van der Waals surface area (Å²) in [6.45, 7) is 19.3. The second-order valence-corrected chi connectivity index (χ2v) is 16.0. The van der Waals surface area contributed by atoms with Crippen LogP contribution in [0.4, 0.5) is 0 Å². The number of fused-ring (bicyclic) bond motifs is 10. The largest absolute Gasteiger partial charge is 0.481 e. The average molecular weight is 529 g/mol. The van der Waals surface area contributed by atoms with Crippen LogP contribution in [0.5, 0.6) is 0 Å². The number of benzene rings is 1. The van der Waals surface area contributed by atoms with Crippen LogP contribution < -0.4 is 0 Å². The van der Waals surface area contributed by atoms with Crippen molar-refractivity contribution in [3.8, 4) is 0 Å². The van der Waals surface area contributed by atoms with E-state index in [1.54, 1.807) is 0 Å². The second kappa shape index (κ2) is 7.83. The van der Waals surface area contributed by atoms with Crippen molar-refractivity contribution in [3.63, 3.8) is 0 Å². The Labute approximate surface area is 234 Å². The molecule has 7 rings (SSSR count). The Morgan fingerprint density at radius 1 is 0.923 bits per heavy atom. The molecule has 3 heteroatoms. The third-order valence-electron chi connectivity index (χ3n) is 14.5. The molecular formula is C36H48O3. The van der Waals surface area contributed by atoms with Gasteiger partial charge in [-0.25, -0.2) is 0 Å². The maximum atomic E-state index is 12.9. The summed E-state index contributed by atoms with van der Waals surface area (Å²) in [5.74, 6) is 2.98. The van der Waals surface area contributed by atoms with Crippen molar-refractivity contribution in [2.24, 2.45) is 51.2 Å². The molecule has 1 aromatic carbocycles. The van der Waals surface area contributed by atoms with E-state index in [1.165, 1.54) is 48.0 Å². The van der Waals surface area contributed by atoms with Crippen LogP contribution in [-0.4, -0.2) is 11.1 Å². The van der Waals surface area contributed by atoms with Gasteiger partial charge in [0.15, 0.2) is 0 Å². The average Bonchev–Trinajstić information content (AvgIpc) is 3.45. The van der Waals surface area contributed by atoms with Gasteiger partial charge in [0.1, 0.15) is 11.3 Å². The van der Waals surface area contributed by atoms with Crippen LogP contribution in [0.25, 0.3) is 11.0 Å². The van der Waals surface area contributed by atoms with E-state index in [4.69, 9.17) is 4.42 Å². The lowest BCUT2D eigenvalue weighted by atomic mass is 9.32. The molecule has 0 bridgehead atoms. The number of hydrogen-bond acceptors (Lipinski definition) is 2. The fraction of sp³-hybridized carbons (Fsp3) is 0.694. The molecule has 1 N–H and O–H groups in total. The highest BCUT2D eigenvalue weighted by molar-refractivity contribution is 5.83. The van der Waals surface area contributed by atoms with Gasteiger partial charge in [-0.3, -0.25) is 4.79 Å². The third kappa shape index (κ3) is 2.93. The molecule has 5 aliphatic carbocycles. The molecule has 9 atom stereocenters. The third-order valence-corrected chi connectivity index (χ3v) is 14.5. The molecule has 0 radical (unpaired) electrons. The van der Waals surface area contributed by atoms with Crippen molar-refractivity contribution >= 4 is 16.9 Å². The van der Waals surface area contributed by atoms with E-state index in [1.807, 2.05) is 0 Å². The standard InChI is InChI=1S/C36H48O3/c1-21(2)22-14-17-36(31(37)38)19-18-34(6)25(29(22)36)12-13-28-33(5)20-24-23-10-8-9-11-26(23)39-30(24)32(3,4)27(33)15-16-35(28,34)7/h8-11,22,25,27-29H,1,12-20H2,2-7H3,(H,37,38)/t22?,25?,27?,28?,29?,33-,34+,35+,36-/m0/s1. The van der Waals surface area contributed by atoms with Gasteiger partial charge in [-0.1, -0.05) is 65.0 Å². The highest BCUT2D eigenvalue weighted by atomic mass is 16.4. The van der Waals surface area contributed by atoms with Gasteiger partial charge < -0.3 is 9.52 Å². The van der Waals surface area contributed by atoms with Gasteiger partial charge in [-0.05, 0) is 117 Å². The van der Waals surface area contributed by atoms with Crippen molar-refractivity contribution in [2.75, 3.05) is 0 Å². The SMILES string of the molecule is C=C(C)C1CC[C@]2(C(=O)O)CC[C@]3(C)C(CCC4[C@@]5(C)Cc6c(oc7ccccc67)C(C)(C)C5CC[C@]43C)C12. The van der Waals surface area contributed by atoms with Crippen LogP contribution in [0.3, 0.4) is 0 Å². The fourth-order valence-electron chi connectivity index (χ4n) is 12.6. The van der Waals surface area contributed by atoms with Gasteiger partial charge in [0, 0.05) is 16.4 Å². The van der Waals surface area contributed by atoms with Crippen LogP contribution in [0.2, 0.25) is 0 Å². The fourth-order valence-corrected chi connectivity index (χ4v) is 12.6. The summed E-state index contributed by atoms with van der Waals surface area (Å²) in [5.41, 5.74) is 3.74. The van der Waals surface area contributed by atoms with E-state index in [2.05, 4.69) is 72.4 Å². The number of carbonyl (C=O) groups is 1. The first kappa shape index (κ1) is 25.9. The van der Waals surface area contributed by atoms with Gasteiger partial charge in [0.2, 0.25) is 0 Å². The van der Waals surface area contributed by atoms with E-state index in [0.29, 0.717) is 23.7 Å². The van der Waals surface area contributed by atoms with Crippen molar-refractivity contribution < 1.29 is 14.3 Å². The van der Waals surface area contributed by atoms with Crippen LogP contribution in [0.15, 0.2) is 40.8 Å². The molecule has 5 unspecified atom stereocenters. The molecule has 4 saturated carbocycles. The Morgan fingerprint density at radius 3 is 2.38 bits per heavy atom. The summed E-state index contributed by atoms with van der Waals surface area (Å²) >= 11 is 0. The molecule has 0 amide bonds. The molecule has 1 aromatic heterocycles. The van der Waals surface area contributed by atoms with Crippen molar-refractivity contribution in [2.45, 2.75) is 105 Å². The molecule has 39 heavy (non-hydrogen) atoms. The Balaban J connectivity index is 1.33. The van der Waals surface area contributed by atoms with Crippen LogP contribution >= 0.6 is 0 Å². The van der Waals surface area contributed by atoms with Crippen molar-refractivity contribution in [1.82, 2.24) is 0 Å². The van der Waals surface area contributed by atoms with Gasteiger partial charge >= 0.3 is 5.97 Å². The Hall–Kier alpha value is -2.03. The van der Waals surface area contributed by atoms with Crippen LogP contribution in [0, 0.1) is 51.2 Å². The van der Waals surface area contributed by atoms with Crippen molar-refractivity contribution in [3.05, 3.63) is 47.7 Å². The Kier molecular flexibility index (Phi) is 5.20. The lowest BCUT2D eigenvalue weighted by Crippen LogP contribution is -2.66. The first-order valence-electron chi connectivity index (χ1n) is 15.7. The van der Waals surface area contributed by atoms with Gasteiger partial charge in [-0.2, -0.15) is 0 Å². The molecular weight excluding hydrogens is 480 g/mol. The molecule has 1 heterocycles. The van der Waals surface area contributed by atoms with Crippen LogP contribution in [-0.2, 0) is 16.6 Å². The molecule has 0 spiro atoms. The minimum Gasteiger partial charge on any atom is -0.481 e. The van der Waals surface area contributed by atoms with Crippen LogP contribution in [0.1, 0.15) is 104 Å². The molecule has 210 valence electrons. The monoisotopic (exact) mass is 528 g/mol. The molecule has 0 aliphatic heterocycles. The smallest absolute Gasteiger partial charge is 0.309 e. The second-order valence-electron chi connectivity index (χ2n) is 16.0. The number of carboxylic acids is 1. The van der Waals surface area contributed by atoms with Gasteiger partial charge in [-0.15, -0.1) is 0 Å². The predicted octanol–water partition coefficient (Wildman–Crippen LogP) is 9.19.